The van der Waals surface area contributed by atoms with Crippen molar-refractivity contribution in [3.05, 3.63) is 57.2 Å². The quantitative estimate of drug-likeness (QED) is 0.554. The molecule has 0 heterocycles. The highest BCUT2D eigenvalue weighted by molar-refractivity contribution is 14.1. The van der Waals surface area contributed by atoms with Crippen molar-refractivity contribution in [2.75, 3.05) is 13.7 Å². The zero-order chi connectivity index (χ0) is 17.5. The van der Waals surface area contributed by atoms with E-state index in [1.54, 1.807) is 43.5 Å². The lowest BCUT2D eigenvalue weighted by Crippen LogP contribution is -2.43. The number of carbonyl (C=O) groups excluding carboxylic acids is 2. The number of ether oxygens (including phenoxy) is 2. The molecular weight excluding hydrogens is 423 g/mol. The number of aryl methyl sites for hydroxylation is 1. The molecule has 0 aliphatic rings. The van der Waals surface area contributed by atoms with E-state index >= 15 is 0 Å². The molecule has 0 aliphatic carbocycles. The minimum atomic E-state index is -0.457. The van der Waals surface area contributed by atoms with Crippen molar-refractivity contribution < 1.29 is 19.1 Å². The molecule has 0 saturated carbocycles. The average molecular weight is 440 g/mol. The van der Waals surface area contributed by atoms with Gasteiger partial charge in [-0.05, 0) is 71.5 Å². The van der Waals surface area contributed by atoms with E-state index in [1.807, 2.05) is 13.0 Å². The molecule has 2 amide bonds. The van der Waals surface area contributed by atoms with E-state index < -0.39 is 5.91 Å². The van der Waals surface area contributed by atoms with Crippen LogP contribution in [0.15, 0.2) is 42.5 Å². The minimum Gasteiger partial charge on any atom is -0.497 e. The van der Waals surface area contributed by atoms with Crippen molar-refractivity contribution in [1.82, 2.24) is 10.9 Å². The Morgan fingerprint density at radius 3 is 2.33 bits per heavy atom. The van der Waals surface area contributed by atoms with Crippen LogP contribution in [0.4, 0.5) is 0 Å². The molecule has 2 aromatic carbocycles. The highest BCUT2D eigenvalue weighted by atomic mass is 127. The first kappa shape index (κ1) is 18.1. The molecule has 0 fully saturated rings. The van der Waals surface area contributed by atoms with Crippen LogP contribution < -0.4 is 20.3 Å². The standard InChI is InChI=1S/C17H17IN2O4/c1-11-3-4-12(9-15(11)18)17(22)20-19-16(21)10-24-14-7-5-13(23-2)6-8-14/h3-9H,10H2,1-2H3,(H,19,21)(H,20,22). The Hall–Kier alpha value is -2.29. The second-order valence-corrected chi connectivity index (χ2v) is 6.09. The summed E-state index contributed by atoms with van der Waals surface area (Å²) in [6, 6.07) is 12.2. The van der Waals surface area contributed by atoms with Crippen molar-refractivity contribution in [3.63, 3.8) is 0 Å². The zero-order valence-corrected chi connectivity index (χ0v) is 15.4. The predicted molar refractivity (Wildman–Crippen MR) is 98.0 cm³/mol. The van der Waals surface area contributed by atoms with Crippen LogP contribution in [0, 0.1) is 10.5 Å². The Balaban J connectivity index is 1.79. The predicted octanol–water partition coefficient (Wildman–Crippen LogP) is 2.45. The molecule has 2 N–H and O–H groups in total. The van der Waals surface area contributed by atoms with Crippen LogP contribution in [-0.2, 0) is 4.79 Å². The van der Waals surface area contributed by atoms with Crippen LogP contribution in [0.1, 0.15) is 15.9 Å². The van der Waals surface area contributed by atoms with Gasteiger partial charge in [-0.25, -0.2) is 0 Å². The van der Waals surface area contributed by atoms with Gasteiger partial charge in [0.1, 0.15) is 11.5 Å². The first-order valence-electron chi connectivity index (χ1n) is 7.12. The van der Waals surface area contributed by atoms with E-state index in [0.717, 1.165) is 9.13 Å². The van der Waals surface area contributed by atoms with Crippen molar-refractivity contribution >= 4 is 34.4 Å². The lowest BCUT2D eigenvalue weighted by molar-refractivity contribution is -0.123. The highest BCUT2D eigenvalue weighted by Gasteiger charge is 2.09. The average Bonchev–Trinajstić information content (AvgIpc) is 2.60. The Morgan fingerprint density at radius 2 is 1.71 bits per heavy atom. The number of rotatable bonds is 5. The first-order chi connectivity index (χ1) is 11.5. The molecule has 0 aromatic heterocycles. The normalized spacial score (nSPS) is 9.96. The van der Waals surface area contributed by atoms with Crippen molar-refractivity contribution in [2.45, 2.75) is 6.92 Å². The Labute approximate surface area is 153 Å². The topological polar surface area (TPSA) is 76.7 Å². The third-order valence-corrected chi connectivity index (χ3v) is 4.34. The summed E-state index contributed by atoms with van der Waals surface area (Å²) < 4.78 is 11.3. The molecule has 0 unspecified atom stereocenters. The number of hydrazine groups is 1. The molecule has 2 aromatic rings. The van der Waals surface area contributed by atoms with Gasteiger partial charge in [0, 0.05) is 9.13 Å². The smallest absolute Gasteiger partial charge is 0.276 e. The monoisotopic (exact) mass is 440 g/mol. The maximum Gasteiger partial charge on any atom is 0.276 e. The van der Waals surface area contributed by atoms with E-state index in [-0.39, 0.29) is 12.5 Å². The second-order valence-electron chi connectivity index (χ2n) is 4.93. The summed E-state index contributed by atoms with van der Waals surface area (Å²) in [5.74, 6) is 0.392. The number of halogens is 1. The fourth-order valence-corrected chi connectivity index (χ4v) is 2.30. The number of hydrogen-bond acceptors (Lipinski definition) is 4. The van der Waals surface area contributed by atoms with Gasteiger partial charge in [0.25, 0.3) is 11.8 Å². The van der Waals surface area contributed by atoms with Gasteiger partial charge in [-0.2, -0.15) is 0 Å². The lowest BCUT2D eigenvalue weighted by Gasteiger charge is -2.10. The SMILES string of the molecule is COc1ccc(OCC(=O)NNC(=O)c2ccc(C)c(I)c2)cc1. The summed E-state index contributed by atoms with van der Waals surface area (Å²) in [5, 5.41) is 0. The fourth-order valence-electron chi connectivity index (χ4n) is 1.79. The van der Waals surface area contributed by atoms with Gasteiger partial charge in [0.05, 0.1) is 7.11 Å². The van der Waals surface area contributed by atoms with Crippen LogP contribution in [0.3, 0.4) is 0 Å². The maximum absolute atomic E-state index is 12.0. The molecule has 6 nitrogen and oxygen atoms in total. The van der Waals surface area contributed by atoms with E-state index in [0.29, 0.717) is 17.1 Å². The maximum atomic E-state index is 12.0. The number of benzene rings is 2. The third-order valence-electron chi connectivity index (χ3n) is 3.18. The second kappa shape index (κ2) is 8.53. The summed E-state index contributed by atoms with van der Waals surface area (Å²) in [4.78, 5) is 23.7. The van der Waals surface area contributed by atoms with E-state index in [1.165, 1.54) is 0 Å². The van der Waals surface area contributed by atoms with E-state index in [4.69, 9.17) is 9.47 Å². The third kappa shape index (κ3) is 5.12. The van der Waals surface area contributed by atoms with Gasteiger partial charge in [-0.1, -0.05) is 6.07 Å². The molecule has 2 rings (SSSR count). The van der Waals surface area contributed by atoms with Gasteiger partial charge >= 0.3 is 0 Å². The van der Waals surface area contributed by atoms with Crippen molar-refractivity contribution in [1.29, 1.82) is 0 Å². The first-order valence-corrected chi connectivity index (χ1v) is 8.19. The number of amides is 2. The van der Waals surface area contributed by atoms with Gasteiger partial charge in [-0.3, -0.25) is 20.4 Å². The summed E-state index contributed by atoms with van der Waals surface area (Å²) in [6.07, 6.45) is 0. The molecule has 0 radical (unpaired) electrons. The summed E-state index contributed by atoms with van der Waals surface area (Å²) in [5.41, 5.74) is 6.24. The molecule has 0 atom stereocenters. The molecule has 24 heavy (non-hydrogen) atoms. The highest BCUT2D eigenvalue weighted by Crippen LogP contribution is 2.16. The van der Waals surface area contributed by atoms with E-state index in [9.17, 15) is 9.59 Å². The molecule has 0 bridgehead atoms. The van der Waals surface area contributed by atoms with Crippen LogP contribution in [0.2, 0.25) is 0 Å². The number of nitrogens with one attached hydrogen (secondary N) is 2. The Kier molecular flexibility index (Phi) is 6.42. The van der Waals surface area contributed by atoms with Crippen molar-refractivity contribution in [2.24, 2.45) is 0 Å². The molecule has 0 aliphatic heterocycles. The summed E-state index contributed by atoms with van der Waals surface area (Å²) in [6.45, 7) is 1.75. The van der Waals surface area contributed by atoms with Crippen LogP contribution in [-0.4, -0.2) is 25.5 Å². The molecule has 126 valence electrons. The van der Waals surface area contributed by atoms with E-state index in [2.05, 4.69) is 33.4 Å². The Morgan fingerprint density at radius 1 is 1.04 bits per heavy atom. The van der Waals surface area contributed by atoms with Crippen LogP contribution >= 0.6 is 22.6 Å². The molecule has 0 saturated heterocycles. The largest absolute Gasteiger partial charge is 0.497 e. The van der Waals surface area contributed by atoms with Gasteiger partial charge in [0.2, 0.25) is 0 Å². The van der Waals surface area contributed by atoms with Gasteiger partial charge in [0.15, 0.2) is 6.61 Å². The number of methoxy groups -OCH3 is 1. The zero-order valence-electron chi connectivity index (χ0n) is 13.3. The molecular formula is C17H17IN2O4. The number of carbonyl (C=O) groups is 2. The van der Waals surface area contributed by atoms with Gasteiger partial charge in [-0.15, -0.1) is 0 Å². The summed E-state index contributed by atoms with van der Waals surface area (Å²) in [7, 11) is 1.57. The Bertz CT molecular complexity index is 732. The van der Waals surface area contributed by atoms with Gasteiger partial charge < -0.3 is 9.47 Å². The minimum absolute atomic E-state index is 0.210. The van der Waals surface area contributed by atoms with Crippen LogP contribution in [0.25, 0.3) is 0 Å². The molecule has 7 heteroatoms. The van der Waals surface area contributed by atoms with Crippen LogP contribution in [0.5, 0.6) is 11.5 Å². The lowest BCUT2D eigenvalue weighted by atomic mass is 10.1. The van der Waals surface area contributed by atoms with Crippen molar-refractivity contribution in [3.8, 4) is 11.5 Å². The fraction of sp³-hybridized carbons (Fsp3) is 0.176. The number of hydrogen-bond donors (Lipinski definition) is 2. The summed E-state index contributed by atoms with van der Waals surface area (Å²) >= 11 is 2.15. The molecule has 0 spiro atoms.